The second-order valence-corrected chi connectivity index (χ2v) is 5.63. The lowest BCUT2D eigenvalue weighted by atomic mass is 10.2. The summed E-state index contributed by atoms with van der Waals surface area (Å²) in [6, 6.07) is 10.4. The van der Waals surface area contributed by atoms with Gasteiger partial charge >= 0.3 is 0 Å². The summed E-state index contributed by atoms with van der Waals surface area (Å²) in [5.41, 5.74) is 0.980. The Morgan fingerprint density at radius 1 is 1.31 bits per heavy atom. The second-order valence-electron chi connectivity index (χ2n) is 5.63. The normalized spacial score (nSPS) is 10.6. The van der Waals surface area contributed by atoms with E-state index in [0.717, 1.165) is 0 Å². The van der Waals surface area contributed by atoms with Gasteiger partial charge in [-0.1, -0.05) is 19.1 Å². The summed E-state index contributed by atoms with van der Waals surface area (Å²) in [6.45, 7) is 2.93. The van der Waals surface area contributed by atoms with Crippen LogP contribution in [0.15, 0.2) is 42.5 Å². The molecular formula is C18H20FN3O4. The van der Waals surface area contributed by atoms with Crippen molar-refractivity contribution in [2.24, 2.45) is 0 Å². The summed E-state index contributed by atoms with van der Waals surface area (Å²) < 4.78 is 18.7. The maximum Gasteiger partial charge on any atom is 0.271 e. The molecule has 0 fully saturated rings. The molecule has 1 amide bonds. The first-order chi connectivity index (χ1) is 12.4. The van der Waals surface area contributed by atoms with Gasteiger partial charge in [-0.15, -0.1) is 0 Å². The third kappa shape index (κ3) is 5.25. The van der Waals surface area contributed by atoms with Crippen molar-refractivity contribution in [1.82, 2.24) is 4.90 Å². The van der Waals surface area contributed by atoms with Crippen LogP contribution in [0.1, 0.15) is 12.5 Å². The van der Waals surface area contributed by atoms with E-state index in [0.29, 0.717) is 24.3 Å². The molecule has 8 heteroatoms. The summed E-state index contributed by atoms with van der Waals surface area (Å²) in [4.78, 5) is 24.3. The number of methoxy groups -OCH3 is 1. The summed E-state index contributed by atoms with van der Waals surface area (Å²) >= 11 is 0. The highest BCUT2D eigenvalue weighted by Crippen LogP contribution is 2.19. The van der Waals surface area contributed by atoms with Crippen LogP contribution in [0.3, 0.4) is 0 Å². The smallest absolute Gasteiger partial charge is 0.271 e. The number of hydrogen-bond donors (Lipinski definition) is 1. The van der Waals surface area contributed by atoms with Crippen molar-refractivity contribution in [3.8, 4) is 5.75 Å². The van der Waals surface area contributed by atoms with Gasteiger partial charge in [0, 0.05) is 24.4 Å². The zero-order valence-electron chi connectivity index (χ0n) is 14.6. The largest absolute Gasteiger partial charge is 0.494 e. The Hall–Kier alpha value is -3.00. The number of rotatable bonds is 8. The van der Waals surface area contributed by atoms with Gasteiger partial charge in [-0.25, -0.2) is 4.39 Å². The number of carbonyl (C=O) groups excluding carboxylic acids is 1. The van der Waals surface area contributed by atoms with Crippen molar-refractivity contribution in [2.45, 2.75) is 13.5 Å². The van der Waals surface area contributed by atoms with Crippen molar-refractivity contribution in [3.63, 3.8) is 0 Å². The van der Waals surface area contributed by atoms with E-state index in [1.54, 1.807) is 18.2 Å². The van der Waals surface area contributed by atoms with E-state index in [1.807, 2.05) is 11.8 Å². The number of hydrogen-bond acceptors (Lipinski definition) is 5. The van der Waals surface area contributed by atoms with Gasteiger partial charge in [-0.05, 0) is 30.3 Å². The van der Waals surface area contributed by atoms with Crippen LogP contribution in [0.5, 0.6) is 5.75 Å². The van der Waals surface area contributed by atoms with Crippen LogP contribution >= 0.6 is 0 Å². The van der Waals surface area contributed by atoms with Crippen molar-refractivity contribution in [2.75, 3.05) is 25.5 Å². The molecule has 0 radical (unpaired) electrons. The molecule has 0 saturated carbocycles. The molecule has 0 aliphatic rings. The first kappa shape index (κ1) is 19.3. The van der Waals surface area contributed by atoms with Crippen LogP contribution in [0.2, 0.25) is 0 Å². The Kier molecular flexibility index (Phi) is 6.62. The number of anilines is 1. The van der Waals surface area contributed by atoms with E-state index < -0.39 is 10.7 Å². The molecule has 2 rings (SSSR count). The fraction of sp³-hybridized carbons (Fsp3) is 0.278. The van der Waals surface area contributed by atoms with Crippen molar-refractivity contribution >= 4 is 17.3 Å². The Morgan fingerprint density at radius 2 is 2.08 bits per heavy atom. The Bertz CT molecular complexity index is 798. The van der Waals surface area contributed by atoms with Crippen molar-refractivity contribution in [1.29, 1.82) is 0 Å². The number of non-ortho nitro benzene ring substituents is 1. The average molecular weight is 361 g/mol. The molecule has 0 heterocycles. The number of nitro benzene ring substituents is 1. The van der Waals surface area contributed by atoms with Gasteiger partial charge < -0.3 is 10.1 Å². The number of nitrogens with one attached hydrogen (secondary N) is 1. The van der Waals surface area contributed by atoms with Gasteiger partial charge in [0.05, 0.1) is 18.6 Å². The molecule has 7 nitrogen and oxygen atoms in total. The second kappa shape index (κ2) is 8.91. The van der Waals surface area contributed by atoms with Crippen LogP contribution in [0, 0.1) is 15.9 Å². The van der Waals surface area contributed by atoms with Crippen LogP contribution in [-0.2, 0) is 11.3 Å². The number of amides is 1. The van der Waals surface area contributed by atoms with Crippen LogP contribution in [-0.4, -0.2) is 35.9 Å². The Balaban J connectivity index is 1.98. The molecule has 138 valence electrons. The molecule has 0 aliphatic carbocycles. The van der Waals surface area contributed by atoms with Crippen molar-refractivity contribution in [3.05, 3.63) is 64.0 Å². The summed E-state index contributed by atoms with van der Waals surface area (Å²) in [5, 5.41) is 13.4. The van der Waals surface area contributed by atoms with E-state index in [1.165, 1.54) is 31.4 Å². The zero-order chi connectivity index (χ0) is 19.1. The minimum Gasteiger partial charge on any atom is -0.494 e. The van der Waals surface area contributed by atoms with E-state index in [-0.39, 0.29) is 23.9 Å². The molecule has 26 heavy (non-hydrogen) atoms. The van der Waals surface area contributed by atoms with Crippen LogP contribution in [0.25, 0.3) is 0 Å². The van der Waals surface area contributed by atoms with E-state index in [4.69, 9.17) is 4.74 Å². The van der Waals surface area contributed by atoms with Gasteiger partial charge in [0.15, 0.2) is 11.6 Å². The Morgan fingerprint density at radius 3 is 2.69 bits per heavy atom. The minimum absolute atomic E-state index is 0.0762. The Labute approximate surface area is 150 Å². The van der Waals surface area contributed by atoms with Gasteiger partial charge in [-0.2, -0.15) is 0 Å². The number of carbonyl (C=O) groups is 1. The summed E-state index contributed by atoms with van der Waals surface area (Å²) in [7, 11) is 1.40. The third-order valence-corrected chi connectivity index (χ3v) is 3.78. The third-order valence-electron chi connectivity index (χ3n) is 3.78. The maximum atomic E-state index is 13.8. The van der Waals surface area contributed by atoms with E-state index in [9.17, 15) is 19.3 Å². The van der Waals surface area contributed by atoms with Gasteiger partial charge in [0.25, 0.3) is 5.69 Å². The topological polar surface area (TPSA) is 84.7 Å². The molecule has 0 spiro atoms. The molecule has 1 N–H and O–H groups in total. The molecule has 0 unspecified atom stereocenters. The molecule has 0 saturated heterocycles. The highest BCUT2D eigenvalue weighted by Gasteiger charge is 2.13. The lowest BCUT2D eigenvalue weighted by molar-refractivity contribution is -0.384. The molecule has 2 aromatic carbocycles. The average Bonchev–Trinajstić information content (AvgIpc) is 2.61. The summed E-state index contributed by atoms with van der Waals surface area (Å²) in [6.07, 6.45) is 0. The molecule has 0 aliphatic heterocycles. The first-order valence-electron chi connectivity index (χ1n) is 8.02. The number of halogens is 1. The van der Waals surface area contributed by atoms with Crippen molar-refractivity contribution < 1.29 is 18.8 Å². The number of benzene rings is 2. The van der Waals surface area contributed by atoms with Crippen LogP contribution in [0.4, 0.5) is 15.8 Å². The number of nitrogens with zero attached hydrogens (tertiary/aromatic N) is 2. The highest BCUT2D eigenvalue weighted by atomic mass is 19.1. The maximum absolute atomic E-state index is 13.8. The lowest BCUT2D eigenvalue weighted by Crippen LogP contribution is -2.32. The van der Waals surface area contributed by atoms with E-state index in [2.05, 4.69) is 5.32 Å². The number of likely N-dealkylation sites (N-methyl/N-ethyl adjacent to an activating group) is 1. The molecule has 0 aromatic heterocycles. The van der Waals surface area contributed by atoms with Gasteiger partial charge in [-0.3, -0.25) is 19.8 Å². The molecule has 0 atom stereocenters. The minimum atomic E-state index is -0.522. The quantitative estimate of drug-likeness (QED) is 0.576. The number of ether oxygens (including phenoxy) is 1. The standard InChI is InChI=1S/C18H20FN3O4/c1-3-21(11-13-7-8-17(26-2)16(19)9-13)12-18(23)20-14-5-4-6-15(10-14)22(24)25/h4-10H,3,11-12H2,1-2H3,(H,20,23). The number of nitro groups is 1. The molecule has 2 aromatic rings. The predicted octanol–water partition coefficient (Wildman–Crippen LogP) is 3.20. The molecule has 0 bridgehead atoms. The fourth-order valence-electron chi connectivity index (χ4n) is 2.45. The van der Waals surface area contributed by atoms with Gasteiger partial charge in [0.2, 0.25) is 5.91 Å². The fourth-order valence-corrected chi connectivity index (χ4v) is 2.45. The monoisotopic (exact) mass is 361 g/mol. The van der Waals surface area contributed by atoms with Crippen LogP contribution < -0.4 is 10.1 Å². The predicted molar refractivity (Wildman–Crippen MR) is 95.6 cm³/mol. The zero-order valence-corrected chi connectivity index (χ0v) is 14.6. The highest BCUT2D eigenvalue weighted by molar-refractivity contribution is 5.92. The SMILES string of the molecule is CCN(CC(=O)Nc1cccc([N+](=O)[O-])c1)Cc1ccc(OC)c(F)c1. The molecular weight excluding hydrogens is 341 g/mol. The van der Waals surface area contributed by atoms with Gasteiger partial charge in [0.1, 0.15) is 0 Å². The van der Waals surface area contributed by atoms with E-state index >= 15 is 0 Å². The first-order valence-corrected chi connectivity index (χ1v) is 8.02. The lowest BCUT2D eigenvalue weighted by Gasteiger charge is -2.20. The summed E-state index contributed by atoms with van der Waals surface area (Å²) in [5.74, 6) is -0.594.